The molecule has 63 valence electrons. The first kappa shape index (κ1) is 8.78. The molecule has 0 aliphatic rings. The van der Waals surface area contributed by atoms with Crippen molar-refractivity contribution in [3.8, 4) is 0 Å². The van der Waals surface area contributed by atoms with Gasteiger partial charge in [0.25, 0.3) is 5.91 Å². The molecule has 0 fully saturated rings. The maximum Gasteiger partial charge on any atom is 0.252 e. The topological polar surface area (TPSA) is 29.1 Å². The number of hydrogen-bond donors (Lipinski definition) is 1. The molecule has 0 aliphatic heterocycles. The number of hydrogen-bond acceptors (Lipinski definition) is 1. The van der Waals surface area contributed by atoms with Gasteiger partial charge in [-0.2, -0.15) is 0 Å². The van der Waals surface area contributed by atoms with Crippen molar-refractivity contribution >= 4 is 5.91 Å². The highest BCUT2D eigenvalue weighted by atomic mass is 16.1. The van der Waals surface area contributed by atoms with Crippen molar-refractivity contribution in [3.63, 3.8) is 0 Å². The van der Waals surface area contributed by atoms with Crippen LogP contribution < -0.4 is 5.32 Å². The molecule has 0 aliphatic carbocycles. The summed E-state index contributed by atoms with van der Waals surface area (Å²) in [4.78, 5) is 11.3. The fourth-order valence-corrected chi connectivity index (χ4v) is 0.875. The fourth-order valence-electron chi connectivity index (χ4n) is 0.875. The molecule has 0 saturated heterocycles. The number of rotatable bonds is 2. The minimum Gasteiger partial charge on any atom is -0.350 e. The highest BCUT2D eigenvalue weighted by Crippen LogP contribution is 1.97. The molecule has 2 heteroatoms. The highest BCUT2D eigenvalue weighted by Gasteiger charge is 2.04. The Labute approximate surface area is 72.6 Å². The van der Waals surface area contributed by atoms with E-state index in [2.05, 4.69) is 11.4 Å². The molecule has 1 aromatic rings. The Morgan fingerprint density at radius 2 is 2.25 bits per heavy atom. The van der Waals surface area contributed by atoms with Gasteiger partial charge in [-0.3, -0.25) is 4.79 Å². The summed E-state index contributed by atoms with van der Waals surface area (Å²) in [6.45, 7) is 3.86. The summed E-state index contributed by atoms with van der Waals surface area (Å²) >= 11 is 0. The summed E-state index contributed by atoms with van der Waals surface area (Å²) in [5, 5.41) is 2.79. The predicted octanol–water partition coefficient (Wildman–Crippen LogP) is 1.62. The molecule has 0 bridgehead atoms. The minimum atomic E-state index is -0.0643. The Balaban J connectivity index is 2.66. The average Bonchev–Trinajstić information content (AvgIpc) is 2.05. The summed E-state index contributed by atoms with van der Waals surface area (Å²) in [5.41, 5.74) is 0.589. The van der Waals surface area contributed by atoms with Crippen LogP contribution in [-0.2, 0) is 0 Å². The van der Waals surface area contributed by atoms with Gasteiger partial charge in [-0.15, -0.1) is 0 Å². The van der Waals surface area contributed by atoms with Gasteiger partial charge < -0.3 is 5.32 Å². The van der Waals surface area contributed by atoms with Gasteiger partial charge in [-0.1, -0.05) is 18.2 Å². The molecule has 0 spiro atoms. The lowest BCUT2D eigenvalue weighted by Gasteiger charge is -2.06. The zero-order valence-electron chi connectivity index (χ0n) is 7.29. The van der Waals surface area contributed by atoms with Gasteiger partial charge in [0.15, 0.2) is 0 Å². The Hall–Kier alpha value is -1.31. The molecule has 0 atom stereocenters. The third-order valence-electron chi connectivity index (χ3n) is 1.37. The molecule has 1 N–H and O–H groups in total. The molecule has 12 heavy (non-hydrogen) atoms. The van der Waals surface area contributed by atoms with Crippen molar-refractivity contribution in [3.05, 3.63) is 35.9 Å². The first-order chi connectivity index (χ1) is 5.70. The maximum atomic E-state index is 11.3. The Morgan fingerprint density at radius 3 is 2.75 bits per heavy atom. The van der Waals surface area contributed by atoms with Crippen molar-refractivity contribution in [2.75, 3.05) is 0 Å². The van der Waals surface area contributed by atoms with Gasteiger partial charge in [0.1, 0.15) is 0 Å². The van der Waals surface area contributed by atoms with Gasteiger partial charge in [0.2, 0.25) is 0 Å². The number of nitrogens with one attached hydrogen (secondary N) is 1. The number of carbonyl (C=O) groups excluding carboxylic acids is 1. The highest BCUT2D eigenvalue weighted by molar-refractivity contribution is 5.93. The van der Waals surface area contributed by atoms with E-state index in [1.807, 2.05) is 26.0 Å². The molecular weight excluding hydrogens is 150 g/mol. The second kappa shape index (κ2) is 3.90. The molecule has 1 rings (SSSR count). The van der Waals surface area contributed by atoms with Crippen LogP contribution >= 0.6 is 0 Å². The lowest BCUT2D eigenvalue weighted by atomic mass is 10.2. The fraction of sp³-hybridized carbons (Fsp3) is 0.300. The van der Waals surface area contributed by atoms with Crippen LogP contribution in [0.5, 0.6) is 0 Å². The standard InChI is InChI=1S/C10H12NO/c1-8(2)11-10(12)9-6-4-3-5-7-9/h3-6,8H,1-2H3,(H,11,12). The Bertz CT molecular complexity index is 254. The van der Waals surface area contributed by atoms with Crippen LogP contribution in [0.2, 0.25) is 0 Å². The van der Waals surface area contributed by atoms with E-state index in [9.17, 15) is 4.79 Å². The van der Waals surface area contributed by atoms with E-state index in [-0.39, 0.29) is 11.9 Å². The lowest BCUT2D eigenvalue weighted by Crippen LogP contribution is -2.29. The number of carbonyl (C=O) groups is 1. The van der Waals surface area contributed by atoms with Crippen LogP contribution in [0.15, 0.2) is 24.3 Å². The molecule has 1 aromatic carbocycles. The summed E-state index contributed by atoms with van der Waals surface area (Å²) in [7, 11) is 0. The van der Waals surface area contributed by atoms with E-state index in [4.69, 9.17) is 0 Å². The molecule has 0 heterocycles. The molecule has 1 radical (unpaired) electrons. The van der Waals surface area contributed by atoms with E-state index in [1.54, 1.807) is 12.1 Å². The van der Waals surface area contributed by atoms with E-state index in [0.29, 0.717) is 5.56 Å². The lowest BCUT2D eigenvalue weighted by molar-refractivity contribution is 0.0943. The van der Waals surface area contributed by atoms with Crippen molar-refractivity contribution in [1.82, 2.24) is 5.32 Å². The largest absolute Gasteiger partial charge is 0.350 e. The quantitative estimate of drug-likeness (QED) is 0.703. The van der Waals surface area contributed by atoms with E-state index >= 15 is 0 Å². The van der Waals surface area contributed by atoms with Gasteiger partial charge in [-0.25, -0.2) is 0 Å². The second-order valence-electron chi connectivity index (χ2n) is 2.90. The summed E-state index contributed by atoms with van der Waals surface area (Å²) in [5.74, 6) is -0.0643. The summed E-state index contributed by atoms with van der Waals surface area (Å²) in [6.07, 6.45) is 0. The van der Waals surface area contributed by atoms with Crippen LogP contribution in [0.1, 0.15) is 24.2 Å². The van der Waals surface area contributed by atoms with Crippen molar-refractivity contribution < 1.29 is 4.79 Å². The second-order valence-corrected chi connectivity index (χ2v) is 2.90. The van der Waals surface area contributed by atoms with Crippen LogP contribution in [0, 0.1) is 6.07 Å². The maximum absolute atomic E-state index is 11.3. The van der Waals surface area contributed by atoms with E-state index < -0.39 is 0 Å². The predicted molar refractivity (Wildman–Crippen MR) is 47.9 cm³/mol. The van der Waals surface area contributed by atoms with Crippen molar-refractivity contribution in [1.29, 1.82) is 0 Å². The van der Waals surface area contributed by atoms with Crippen LogP contribution in [-0.4, -0.2) is 11.9 Å². The number of benzene rings is 1. The van der Waals surface area contributed by atoms with Gasteiger partial charge in [0, 0.05) is 11.6 Å². The van der Waals surface area contributed by atoms with Gasteiger partial charge in [0.05, 0.1) is 0 Å². The zero-order valence-corrected chi connectivity index (χ0v) is 7.29. The van der Waals surface area contributed by atoms with Gasteiger partial charge in [-0.05, 0) is 26.0 Å². The SMILES string of the molecule is CC(C)NC(=O)c1[c]cccc1. The molecule has 2 nitrogen and oxygen atoms in total. The van der Waals surface area contributed by atoms with Crippen molar-refractivity contribution in [2.45, 2.75) is 19.9 Å². The monoisotopic (exact) mass is 162 g/mol. The third-order valence-corrected chi connectivity index (χ3v) is 1.37. The normalized spacial score (nSPS) is 9.92. The van der Waals surface area contributed by atoms with Crippen molar-refractivity contribution in [2.24, 2.45) is 0 Å². The Morgan fingerprint density at radius 1 is 1.50 bits per heavy atom. The van der Waals surface area contributed by atoms with E-state index in [0.717, 1.165) is 0 Å². The summed E-state index contributed by atoms with van der Waals surface area (Å²) in [6, 6.07) is 10.2. The average molecular weight is 162 g/mol. The molecule has 0 aromatic heterocycles. The van der Waals surface area contributed by atoms with Crippen LogP contribution in [0.3, 0.4) is 0 Å². The van der Waals surface area contributed by atoms with Crippen LogP contribution in [0.4, 0.5) is 0 Å². The molecule has 0 unspecified atom stereocenters. The zero-order chi connectivity index (χ0) is 8.97. The minimum absolute atomic E-state index is 0.0643. The molecule has 1 amide bonds. The molecular formula is C10H12NO. The van der Waals surface area contributed by atoms with E-state index in [1.165, 1.54) is 0 Å². The first-order valence-corrected chi connectivity index (χ1v) is 3.97. The summed E-state index contributed by atoms with van der Waals surface area (Å²) < 4.78 is 0. The first-order valence-electron chi connectivity index (χ1n) is 3.97. The van der Waals surface area contributed by atoms with Gasteiger partial charge >= 0.3 is 0 Å². The number of amides is 1. The molecule has 0 saturated carbocycles. The third kappa shape index (κ3) is 2.38. The Kier molecular flexibility index (Phi) is 2.86. The smallest absolute Gasteiger partial charge is 0.252 e. The van der Waals surface area contributed by atoms with Crippen LogP contribution in [0.25, 0.3) is 0 Å².